The van der Waals surface area contributed by atoms with Gasteiger partial charge in [0.15, 0.2) is 5.78 Å². The summed E-state index contributed by atoms with van der Waals surface area (Å²) in [5, 5.41) is 2.66. The highest BCUT2D eigenvalue weighted by molar-refractivity contribution is 5.96. The fourth-order valence-corrected chi connectivity index (χ4v) is 1.79. The molecule has 8 heteroatoms. The maximum atomic E-state index is 12.7. The molecule has 3 N–H and O–H groups in total. The van der Waals surface area contributed by atoms with E-state index in [1.165, 1.54) is 0 Å². The molecule has 0 bridgehead atoms. The SMILES string of the molecule is Cc1cc(Nc2cc(C(F)(F)F)ccn2)nc(C(=O)CN)c1. The van der Waals surface area contributed by atoms with E-state index in [4.69, 9.17) is 5.73 Å². The summed E-state index contributed by atoms with van der Waals surface area (Å²) in [5.41, 5.74) is 5.33. The van der Waals surface area contributed by atoms with Crippen molar-refractivity contribution in [3.8, 4) is 0 Å². The number of Topliss-reactive ketones (excluding diaryl/α,β-unsaturated/α-hetero) is 1. The average Bonchev–Trinajstić information content (AvgIpc) is 2.45. The van der Waals surface area contributed by atoms with Crippen LogP contribution in [0.15, 0.2) is 30.5 Å². The number of hydrogen-bond acceptors (Lipinski definition) is 5. The van der Waals surface area contributed by atoms with Crippen molar-refractivity contribution in [2.45, 2.75) is 13.1 Å². The van der Waals surface area contributed by atoms with Crippen molar-refractivity contribution < 1.29 is 18.0 Å². The molecule has 0 atom stereocenters. The van der Waals surface area contributed by atoms with Crippen molar-refractivity contribution in [1.29, 1.82) is 0 Å². The summed E-state index contributed by atoms with van der Waals surface area (Å²) in [5.74, 6) is -0.147. The summed E-state index contributed by atoms with van der Waals surface area (Å²) in [6, 6.07) is 4.89. The Morgan fingerprint density at radius 3 is 2.64 bits per heavy atom. The Hall–Kier alpha value is -2.48. The molecular weight excluding hydrogens is 297 g/mol. The minimum atomic E-state index is -4.46. The van der Waals surface area contributed by atoms with Crippen molar-refractivity contribution in [3.05, 3.63) is 47.3 Å². The van der Waals surface area contributed by atoms with Gasteiger partial charge < -0.3 is 11.1 Å². The van der Waals surface area contributed by atoms with E-state index in [-0.39, 0.29) is 29.7 Å². The van der Waals surface area contributed by atoms with Gasteiger partial charge >= 0.3 is 6.18 Å². The lowest BCUT2D eigenvalue weighted by atomic mass is 10.2. The van der Waals surface area contributed by atoms with Crippen LogP contribution in [-0.2, 0) is 6.18 Å². The van der Waals surface area contributed by atoms with E-state index in [1.54, 1.807) is 19.1 Å². The van der Waals surface area contributed by atoms with E-state index in [1.807, 2.05) is 0 Å². The summed E-state index contributed by atoms with van der Waals surface area (Å²) >= 11 is 0. The van der Waals surface area contributed by atoms with Crippen LogP contribution in [0, 0.1) is 6.92 Å². The van der Waals surface area contributed by atoms with Crippen LogP contribution in [0.2, 0.25) is 0 Å². The highest BCUT2D eigenvalue weighted by atomic mass is 19.4. The summed E-state index contributed by atoms with van der Waals surface area (Å²) in [7, 11) is 0. The van der Waals surface area contributed by atoms with Gasteiger partial charge in [-0.05, 0) is 36.8 Å². The first-order valence-corrected chi connectivity index (χ1v) is 6.32. The van der Waals surface area contributed by atoms with Gasteiger partial charge in [-0.15, -0.1) is 0 Å². The Morgan fingerprint density at radius 1 is 1.27 bits per heavy atom. The summed E-state index contributed by atoms with van der Waals surface area (Å²) in [6.07, 6.45) is -3.41. The van der Waals surface area contributed by atoms with Crippen LogP contribution in [0.25, 0.3) is 0 Å². The lowest BCUT2D eigenvalue weighted by Gasteiger charge is -2.10. The van der Waals surface area contributed by atoms with Crippen molar-refractivity contribution in [1.82, 2.24) is 9.97 Å². The van der Waals surface area contributed by atoms with Gasteiger partial charge in [0.1, 0.15) is 17.3 Å². The number of hydrogen-bond donors (Lipinski definition) is 2. The molecule has 2 aromatic rings. The van der Waals surface area contributed by atoms with Gasteiger partial charge in [-0.2, -0.15) is 13.2 Å². The smallest absolute Gasteiger partial charge is 0.325 e. The molecule has 0 amide bonds. The number of rotatable bonds is 4. The standard InChI is InChI=1S/C14H13F3N4O/c1-8-4-10(11(22)7-18)20-13(5-8)21-12-6-9(2-3-19-12)14(15,16)17/h2-6H,7,18H2,1H3,(H,19,20,21). The van der Waals surface area contributed by atoms with Crippen LogP contribution in [0.4, 0.5) is 24.8 Å². The van der Waals surface area contributed by atoms with Gasteiger partial charge in [0, 0.05) is 6.20 Å². The highest BCUT2D eigenvalue weighted by Gasteiger charge is 2.30. The molecule has 0 spiro atoms. The third kappa shape index (κ3) is 3.79. The Bertz CT molecular complexity index is 701. The fraction of sp³-hybridized carbons (Fsp3) is 0.214. The number of anilines is 2. The molecule has 116 valence electrons. The molecule has 0 fully saturated rings. The molecule has 5 nitrogen and oxygen atoms in total. The molecule has 22 heavy (non-hydrogen) atoms. The minimum Gasteiger partial charge on any atom is -0.325 e. The summed E-state index contributed by atoms with van der Waals surface area (Å²) in [4.78, 5) is 19.4. The molecule has 0 aliphatic carbocycles. The largest absolute Gasteiger partial charge is 0.416 e. The predicted octanol–water partition coefficient (Wildman–Crippen LogP) is 2.69. The second kappa shape index (κ2) is 6.10. The normalized spacial score (nSPS) is 11.3. The van der Waals surface area contributed by atoms with Crippen LogP contribution >= 0.6 is 0 Å². The second-order valence-electron chi connectivity index (χ2n) is 4.59. The number of aromatic nitrogens is 2. The first-order chi connectivity index (χ1) is 10.3. The fourth-order valence-electron chi connectivity index (χ4n) is 1.79. The van der Waals surface area contributed by atoms with Gasteiger partial charge in [-0.1, -0.05) is 0 Å². The van der Waals surface area contributed by atoms with Crippen LogP contribution < -0.4 is 11.1 Å². The lowest BCUT2D eigenvalue weighted by molar-refractivity contribution is -0.137. The number of halogens is 3. The van der Waals surface area contributed by atoms with Crippen molar-refractivity contribution in [2.24, 2.45) is 5.73 Å². The molecule has 2 aromatic heterocycles. The molecule has 0 aliphatic rings. The number of alkyl halides is 3. The average molecular weight is 310 g/mol. The summed E-state index contributed by atoms with van der Waals surface area (Å²) < 4.78 is 38.0. The maximum Gasteiger partial charge on any atom is 0.416 e. The molecule has 0 aromatic carbocycles. The number of aryl methyl sites for hydroxylation is 1. The molecule has 0 aliphatic heterocycles. The van der Waals surface area contributed by atoms with Crippen LogP contribution in [0.5, 0.6) is 0 Å². The number of nitrogens with two attached hydrogens (primary N) is 1. The third-order valence-electron chi connectivity index (χ3n) is 2.78. The van der Waals surface area contributed by atoms with E-state index in [2.05, 4.69) is 15.3 Å². The Morgan fingerprint density at radius 2 is 2.00 bits per heavy atom. The zero-order valence-corrected chi connectivity index (χ0v) is 11.6. The van der Waals surface area contributed by atoms with Gasteiger partial charge in [0.05, 0.1) is 12.1 Å². The van der Waals surface area contributed by atoms with E-state index in [9.17, 15) is 18.0 Å². The number of ketones is 1. The topological polar surface area (TPSA) is 80.9 Å². The van der Waals surface area contributed by atoms with E-state index >= 15 is 0 Å². The van der Waals surface area contributed by atoms with E-state index in [0.717, 1.165) is 23.9 Å². The first kappa shape index (κ1) is 15.9. The van der Waals surface area contributed by atoms with Crippen LogP contribution in [0.1, 0.15) is 21.6 Å². The second-order valence-corrected chi connectivity index (χ2v) is 4.59. The van der Waals surface area contributed by atoms with Gasteiger partial charge in [-0.25, -0.2) is 9.97 Å². The molecule has 0 radical (unpaired) electrons. The molecule has 0 saturated heterocycles. The maximum absolute atomic E-state index is 12.7. The van der Waals surface area contributed by atoms with Crippen molar-refractivity contribution in [2.75, 3.05) is 11.9 Å². The monoisotopic (exact) mass is 310 g/mol. The summed E-state index contributed by atoms with van der Waals surface area (Å²) in [6.45, 7) is 1.54. The Kier molecular flexibility index (Phi) is 4.41. The van der Waals surface area contributed by atoms with Crippen LogP contribution in [0.3, 0.4) is 0 Å². The van der Waals surface area contributed by atoms with E-state index in [0.29, 0.717) is 0 Å². The molecule has 2 rings (SSSR count). The zero-order chi connectivity index (χ0) is 16.3. The van der Waals surface area contributed by atoms with E-state index < -0.39 is 11.7 Å². The lowest BCUT2D eigenvalue weighted by Crippen LogP contribution is -2.16. The Labute approximate surface area is 124 Å². The molecule has 2 heterocycles. The number of carbonyl (C=O) groups excluding carboxylic acids is 1. The van der Waals surface area contributed by atoms with Gasteiger partial charge in [0.25, 0.3) is 0 Å². The third-order valence-corrected chi connectivity index (χ3v) is 2.78. The minimum absolute atomic E-state index is 0.0147. The van der Waals surface area contributed by atoms with Gasteiger partial charge in [0.2, 0.25) is 0 Å². The van der Waals surface area contributed by atoms with Crippen molar-refractivity contribution >= 4 is 17.4 Å². The molecule has 0 unspecified atom stereocenters. The number of nitrogens with one attached hydrogen (secondary N) is 1. The predicted molar refractivity (Wildman–Crippen MR) is 74.9 cm³/mol. The zero-order valence-electron chi connectivity index (χ0n) is 11.6. The molecular formula is C14H13F3N4O. The quantitative estimate of drug-likeness (QED) is 0.849. The Balaban J connectivity index is 2.31. The first-order valence-electron chi connectivity index (χ1n) is 6.32. The van der Waals surface area contributed by atoms with Gasteiger partial charge in [-0.3, -0.25) is 4.79 Å². The number of pyridine rings is 2. The number of nitrogens with zero attached hydrogens (tertiary/aromatic N) is 2. The molecule has 0 saturated carbocycles. The van der Waals surface area contributed by atoms with Crippen molar-refractivity contribution in [3.63, 3.8) is 0 Å². The van der Waals surface area contributed by atoms with Crippen LogP contribution in [-0.4, -0.2) is 22.3 Å². The highest BCUT2D eigenvalue weighted by Crippen LogP contribution is 2.30. The number of carbonyl (C=O) groups is 1.